The molecule has 0 fully saturated rings. The van der Waals surface area contributed by atoms with Gasteiger partial charge in [0.1, 0.15) is 0 Å². The first-order chi connectivity index (χ1) is 9.15. The monoisotopic (exact) mass is 275 g/mol. The quantitative estimate of drug-likeness (QED) is 0.880. The number of rotatable bonds is 5. The predicted octanol–water partition coefficient (Wildman–Crippen LogP) is 2.35. The van der Waals surface area contributed by atoms with Crippen molar-refractivity contribution in [3.63, 3.8) is 0 Å². The number of nitrogens with two attached hydrogens (primary N) is 1. The van der Waals surface area contributed by atoms with E-state index >= 15 is 0 Å². The highest BCUT2D eigenvalue weighted by Gasteiger charge is 2.14. The van der Waals surface area contributed by atoms with Gasteiger partial charge in [-0.2, -0.15) is 0 Å². The normalized spacial score (nSPS) is 12.1. The molecule has 4 nitrogen and oxygen atoms in total. The lowest BCUT2D eigenvalue weighted by Crippen LogP contribution is -2.36. The Morgan fingerprint density at radius 1 is 1.42 bits per heavy atom. The average Bonchev–Trinajstić information content (AvgIpc) is 2.82. The summed E-state index contributed by atoms with van der Waals surface area (Å²) in [5, 5.41) is 5.25. The lowest BCUT2D eigenvalue weighted by molar-refractivity contribution is -0.117. The van der Waals surface area contributed by atoms with Crippen molar-refractivity contribution in [3.8, 4) is 0 Å². The molecule has 1 aromatic heterocycles. The molecule has 3 N–H and O–H groups in total. The molecule has 1 heterocycles. The second-order valence-corrected chi connectivity index (χ2v) is 5.27. The van der Waals surface area contributed by atoms with Gasteiger partial charge >= 0.3 is 0 Å². The van der Waals surface area contributed by atoms with Crippen LogP contribution in [0.15, 0.2) is 35.7 Å². The first-order valence-electron chi connectivity index (χ1n) is 6.17. The molecule has 0 bridgehead atoms. The van der Waals surface area contributed by atoms with Crippen molar-refractivity contribution in [2.45, 2.75) is 25.8 Å². The highest BCUT2D eigenvalue weighted by Crippen LogP contribution is 2.15. The smallest absolute Gasteiger partial charge is 0.243 e. The standard InChI is InChI=1S/C14H17N3OS/c1-10-9-19-14(16-10)17-13(18)12(15)8-7-11-5-3-2-4-6-11/h2-6,9,12H,7-8,15H2,1H3,(H,16,17,18)/t12-/m0/s1. The topological polar surface area (TPSA) is 68.0 Å². The summed E-state index contributed by atoms with van der Waals surface area (Å²) in [6.07, 6.45) is 1.42. The van der Waals surface area contributed by atoms with Gasteiger partial charge in [-0.3, -0.25) is 4.79 Å². The van der Waals surface area contributed by atoms with Gasteiger partial charge in [-0.15, -0.1) is 11.3 Å². The number of amides is 1. The molecule has 0 aliphatic carbocycles. The minimum absolute atomic E-state index is 0.176. The number of nitrogens with zero attached hydrogens (tertiary/aromatic N) is 1. The van der Waals surface area contributed by atoms with E-state index in [9.17, 15) is 4.79 Å². The fraction of sp³-hybridized carbons (Fsp3) is 0.286. The van der Waals surface area contributed by atoms with Crippen molar-refractivity contribution in [2.75, 3.05) is 5.32 Å². The largest absolute Gasteiger partial charge is 0.320 e. The number of carbonyl (C=O) groups is 1. The SMILES string of the molecule is Cc1csc(NC(=O)[C@@H](N)CCc2ccccc2)n1. The van der Waals surface area contributed by atoms with Crippen LogP contribution >= 0.6 is 11.3 Å². The minimum Gasteiger partial charge on any atom is -0.320 e. The molecule has 0 unspecified atom stereocenters. The van der Waals surface area contributed by atoms with Crippen LogP contribution in [0.4, 0.5) is 5.13 Å². The van der Waals surface area contributed by atoms with Crippen molar-refractivity contribution in [2.24, 2.45) is 5.73 Å². The van der Waals surface area contributed by atoms with Crippen LogP contribution in [0.3, 0.4) is 0 Å². The maximum Gasteiger partial charge on any atom is 0.243 e. The molecule has 0 aliphatic heterocycles. The molecule has 1 amide bonds. The van der Waals surface area contributed by atoms with Crippen LogP contribution in [0.5, 0.6) is 0 Å². The maximum absolute atomic E-state index is 11.9. The van der Waals surface area contributed by atoms with Crippen molar-refractivity contribution >= 4 is 22.4 Å². The molecule has 0 spiro atoms. The Hall–Kier alpha value is -1.72. The van der Waals surface area contributed by atoms with Crippen molar-refractivity contribution in [3.05, 3.63) is 47.0 Å². The number of aromatic nitrogens is 1. The Morgan fingerprint density at radius 2 is 2.16 bits per heavy atom. The third-order valence-electron chi connectivity index (χ3n) is 2.77. The minimum atomic E-state index is -0.510. The van der Waals surface area contributed by atoms with Crippen LogP contribution in [0.1, 0.15) is 17.7 Å². The predicted molar refractivity (Wildman–Crippen MR) is 78.2 cm³/mol. The van der Waals surface area contributed by atoms with E-state index in [2.05, 4.69) is 10.3 Å². The van der Waals surface area contributed by atoms with Crippen LogP contribution < -0.4 is 11.1 Å². The van der Waals surface area contributed by atoms with Crippen LogP contribution in [0.2, 0.25) is 0 Å². The van der Waals surface area contributed by atoms with Crippen molar-refractivity contribution in [1.82, 2.24) is 4.98 Å². The summed E-state index contributed by atoms with van der Waals surface area (Å²) >= 11 is 1.41. The molecule has 0 saturated carbocycles. The van der Waals surface area contributed by atoms with Crippen LogP contribution in [-0.4, -0.2) is 16.9 Å². The van der Waals surface area contributed by atoms with Crippen molar-refractivity contribution in [1.29, 1.82) is 0 Å². The van der Waals surface area contributed by atoms with Gasteiger partial charge in [0.25, 0.3) is 0 Å². The van der Waals surface area contributed by atoms with E-state index in [1.165, 1.54) is 16.9 Å². The highest BCUT2D eigenvalue weighted by molar-refractivity contribution is 7.13. The molecule has 0 aliphatic rings. The van der Waals surface area contributed by atoms with Gasteiger partial charge in [0.15, 0.2) is 5.13 Å². The molecule has 0 saturated heterocycles. The molecule has 1 atom stereocenters. The third kappa shape index (κ3) is 4.15. The number of thiazole rings is 1. The Labute approximate surface area is 116 Å². The van der Waals surface area contributed by atoms with E-state index in [0.29, 0.717) is 11.6 Å². The first-order valence-corrected chi connectivity index (χ1v) is 7.05. The van der Waals surface area contributed by atoms with Crippen LogP contribution in [0.25, 0.3) is 0 Å². The summed E-state index contributed by atoms with van der Waals surface area (Å²) in [7, 11) is 0. The number of nitrogens with one attached hydrogen (secondary N) is 1. The second kappa shape index (κ2) is 6.45. The zero-order valence-electron chi connectivity index (χ0n) is 10.8. The van der Waals surface area contributed by atoms with Gasteiger partial charge in [0.2, 0.25) is 5.91 Å². The molecule has 2 rings (SSSR count). The number of anilines is 1. The Balaban J connectivity index is 1.82. The zero-order valence-corrected chi connectivity index (χ0v) is 11.6. The van der Waals surface area contributed by atoms with Crippen LogP contribution in [-0.2, 0) is 11.2 Å². The average molecular weight is 275 g/mol. The summed E-state index contributed by atoms with van der Waals surface area (Å²) in [5.74, 6) is -0.176. The molecule has 2 aromatic rings. The number of hydrogen-bond acceptors (Lipinski definition) is 4. The molecular formula is C14H17N3OS. The molecule has 1 aromatic carbocycles. The summed E-state index contributed by atoms with van der Waals surface area (Å²) in [5.41, 5.74) is 7.98. The third-order valence-corrected chi connectivity index (χ3v) is 3.65. The Bertz CT molecular complexity index is 539. The maximum atomic E-state index is 11.9. The Kier molecular flexibility index (Phi) is 4.65. The van der Waals surface area contributed by atoms with E-state index in [4.69, 9.17) is 5.73 Å². The van der Waals surface area contributed by atoms with Gasteiger partial charge in [0, 0.05) is 5.38 Å². The van der Waals surface area contributed by atoms with Crippen molar-refractivity contribution < 1.29 is 4.79 Å². The first kappa shape index (κ1) is 13.7. The van der Waals surface area contributed by atoms with Gasteiger partial charge < -0.3 is 11.1 Å². The zero-order chi connectivity index (χ0) is 13.7. The second-order valence-electron chi connectivity index (χ2n) is 4.41. The van der Waals surface area contributed by atoms with Crippen LogP contribution in [0, 0.1) is 6.92 Å². The van der Waals surface area contributed by atoms with Gasteiger partial charge in [-0.05, 0) is 25.3 Å². The number of carbonyl (C=O) groups excluding carboxylic acids is 1. The number of benzene rings is 1. The highest BCUT2D eigenvalue weighted by atomic mass is 32.1. The summed E-state index contributed by atoms with van der Waals surface area (Å²) in [4.78, 5) is 16.1. The van der Waals surface area contributed by atoms with E-state index in [1.54, 1.807) is 0 Å². The van der Waals surface area contributed by atoms with Gasteiger partial charge in [0.05, 0.1) is 11.7 Å². The van der Waals surface area contributed by atoms with E-state index in [1.807, 2.05) is 42.6 Å². The summed E-state index contributed by atoms with van der Waals surface area (Å²) < 4.78 is 0. The van der Waals surface area contributed by atoms with Gasteiger partial charge in [-0.1, -0.05) is 30.3 Å². The van der Waals surface area contributed by atoms with E-state index in [-0.39, 0.29) is 5.91 Å². The molecular weight excluding hydrogens is 258 g/mol. The van der Waals surface area contributed by atoms with E-state index in [0.717, 1.165) is 12.1 Å². The summed E-state index contributed by atoms with van der Waals surface area (Å²) in [6.45, 7) is 1.89. The fourth-order valence-electron chi connectivity index (χ4n) is 1.71. The summed E-state index contributed by atoms with van der Waals surface area (Å²) in [6, 6.07) is 9.51. The molecule has 5 heteroatoms. The molecule has 100 valence electrons. The number of aryl methyl sites for hydroxylation is 2. The number of hydrogen-bond donors (Lipinski definition) is 2. The Morgan fingerprint density at radius 3 is 2.79 bits per heavy atom. The fourth-order valence-corrected chi connectivity index (χ4v) is 2.40. The lowest BCUT2D eigenvalue weighted by atomic mass is 10.1. The van der Waals surface area contributed by atoms with Gasteiger partial charge in [-0.25, -0.2) is 4.98 Å². The molecule has 0 radical (unpaired) electrons. The van der Waals surface area contributed by atoms with E-state index < -0.39 is 6.04 Å². The molecule has 19 heavy (non-hydrogen) atoms. The lowest BCUT2D eigenvalue weighted by Gasteiger charge is -2.10.